The number of aryl methyl sites for hydroxylation is 1. The van der Waals surface area contributed by atoms with Crippen molar-refractivity contribution in [3.8, 4) is 6.07 Å². The second-order valence-electron chi connectivity index (χ2n) is 4.65. The van der Waals surface area contributed by atoms with Crippen LogP contribution in [0.2, 0.25) is 0 Å². The molecular formula is C16H20N2O2. The van der Waals surface area contributed by atoms with Crippen molar-refractivity contribution in [3.05, 3.63) is 40.1 Å². The Balaban J connectivity index is 3.06. The first kappa shape index (κ1) is 15.8. The topological polar surface area (TPSA) is 62.1 Å². The SMILES string of the molecule is CCOC(=O)/C(C#N)=C\Nc1cc(C)c(C)c(C)c1C. The van der Waals surface area contributed by atoms with Crippen LogP contribution in [0, 0.1) is 39.0 Å². The van der Waals surface area contributed by atoms with Gasteiger partial charge in [0.25, 0.3) is 0 Å². The Morgan fingerprint density at radius 2 is 1.95 bits per heavy atom. The van der Waals surface area contributed by atoms with E-state index in [4.69, 9.17) is 10.00 Å². The molecule has 0 aliphatic heterocycles. The lowest BCUT2D eigenvalue weighted by Crippen LogP contribution is -2.08. The first-order chi connectivity index (χ1) is 9.42. The molecule has 1 aromatic rings. The molecule has 1 N–H and O–H groups in total. The molecule has 20 heavy (non-hydrogen) atoms. The van der Waals surface area contributed by atoms with Crippen molar-refractivity contribution in [2.45, 2.75) is 34.6 Å². The Labute approximate surface area is 120 Å². The molecule has 0 radical (unpaired) electrons. The summed E-state index contributed by atoms with van der Waals surface area (Å²) in [4.78, 5) is 11.5. The van der Waals surface area contributed by atoms with Crippen molar-refractivity contribution in [1.82, 2.24) is 0 Å². The van der Waals surface area contributed by atoms with Gasteiger partial charge in [-0.3, -0.25) is 0 Å². The molecule has 0 aromatic heterocycles. The molecule has 0 saturated carbocycles. The summed E-state index contributed by atoms with van der Waals surface area (Å²) in [6.45, 7) is 10.1. The Kier molecular flexibility index (Phi) is 5.33. The van der Waals surface area contributed by atoms with E-state index in [-0.39, 0.29) is 12.2 Å². The molecule has 0 unspecified atom stereocenters. The van der Waals surface area contributed by atoms with E-state index in [1.54, 1.807) is 6.92 Å². The van der Waals surface area contributed by atoms with Crippen LogP contribution >= 0.6 is 0 Å². The van der Waals surface area contributed by atoms with Crippen LogP contribution in [0.4, 0.5) is 5.69 Å². The van der Waals surface area contributed by atoms with Crippen molar-refractivity contribution in [1.29, 1.82) is 5.26 Å². The van der Waals surface area contributed by atoms with Gasteiger partial charge in [0, 0.05) is 11.9 Å². The van der Waals surface area contributed by atoms with Crippen LogP contribution in [-0.4, -0.2) is 12.6 Å². The van der Waals surface area contributed by atoms with E-state index in [0.717, 1.165) is 11.3 Å². The molecule has 0 heterocycles. The van der Waals surface area contributed by atoms with Crippen molar-refractivity contribution in [2.24, 2.45) is 0 Å². The average molecular weight is 272 g/mol. The third kappa shape index (κ3) is 3.39. The second kappa shape index (κ2) is 6.76. The number of carbonyl (C=O) groups is 1. The van der Waals surface area contributed by atoms with Gasteiger partial charge in [0.1, 0.15) is 6.07 Å². The van der Waals surface area contributed by atoms with Crippen molar-refractivity contribution in [2.75, 3.05) is 11.9 Å². The lowest BCUT2D eigenvalue weighted by Gasteiger charge is -2.14. The molecule has 1 rings (SSSR count). The van der Waals surface area contributed by atoms with Gasteiger partial charge in [-0.05, 0) is 62.9 Å². The molecule has 0 amide bonds. The minimum atomic E-state index is -0.610. The molecule has 0 atom stereocenters. The number of anilines is 1. The molecule has 0 spiro atoms. The zero-order valence-electron chi connectivity index (χ0n) is 12.6. The Morgan fingerprint density at radius 3 is 2.50 bits per heavy atom. The zero-order chi connectivity index (χ0) is 15.3. The molecule has 1 aromatic carbocycles. The predicted molar refractivity (Wildman–Crippen MR) is 79.3 cm³/mol. The average Bonchev–Trinajstić information content (AvgIpc) is 2.42. The van der Waals surface area contributed by atoms with Crippen LogP contribution in [0.15, 0.2) is 17.8 Å². The van der Waals surface area contributed by atoms with Gasteiger partial charge >= 0.3 is 5.97 Å². The largest absolute Gasteiger partial charge is 0.462 e. The van der Waals surface area contributed by atoms with Crippen LogP contribution in [0.25, 0.3) is 0 Å². The minimum Gasteiger partial charge on any atom is -0.462 e. The van der Waals surface area contributed by atoms with Gasteiger partial charge < -0.3 is 10.1 Å². The normalized spacial score (nSPS) is 10.9. The fraction of sp³-hybridized carbons (Fsp3) is 0.375. The van der Waals surface area contributed by atoms with Crippen LogP contribution in [0.1, 0.15) is 29.2 Å². The van der Waals surface area contributed by atoms with E-state index < -0.39 is 5.97 Å². The van der Waals surface area contributed by atoms with Gasteiger partial charge in [-0.15, -0.1) is 0 Å². The van der Waals surface area contributed by atoms with E-state index in [1.807, 2.05) is 26.0 Å². The van der Waals surface area contributed by atoms with Crippen molar-refractivity contribution >= 4 is 11.7 Å². The molecule has 0 aliphatic carbocycles. The first-order valence-electron chi connectivity index (χ1n) is 6.53. The van der Waals surface area contributed by atoms with Gasteiger partial charge in [-0.2, -0.15) is 5.26 Å². The first-order valence-corrected chi connectivity index (χ1v) is 6.53. The van der Waals surface area contributed by atoms with Crippen molar-refractivity contribution in [3.63, 3.8) is 0 Å². The Bertz CT molecular complexity index is 595. The quantitative estimate of drug-likeness (QED) is 0.519. The van der Waals surface area contributed by atoms with Gasteiger partial charge in [-0.25, -0.2) is 4.79 Å². The van der Waals surface area contributed by atoms with E-state index in [2.05, 4.69) is 19.2 Å². The third-order valence-electron chi connectivity index (χ3n) is 3.47. The Morgan fingerprint density at radius 1 is 1.30 bits per heavy atom. The number of hydrogen-bond acceptors (Lipinski definition) is 4. The number of ether oxygens (including phenoxy) is 1. The highest BCUT2D eigenvalue weighted by atomic mass is 16.5. The molecule has 106 valence electrons. The molecule has 0 aliphatic rings. The fourth-order valence-electron chi connectivity index (χ4n) is 1.86. The number of benzene rings is 1. The molecular weight excluding hydrogens is 252 g/mol. The summed E-state index contributed by atoms with van der Waals surface area (Å²) in [5, 5.41) is 12.0. The van der Waals surface area contributed by atoms with Gasteiger partial charge in [-0.1, -0.05) is 0 Å². The standard InChI is InChI=1S/C16H20N2O2/c1-6-20-16(19)14(8-17)9-18-15-7-10(2)11(3)12(4)13(15)5/h7,9,18H,6H2,1-5H3/b14-9-. The van der Waals surface area contributed by atoms with Crippen LogP contribution < -0.4 is 5.32 Å². The highest BCUT2D eigenvalue weighted by Crippen LogP contribution is 2.25. The molecule has 4 nitrogen and oxygen atoms in total. The number of hydrogen-bond donors (Lipinski definition) is 1. The smallest absolute Gasteiger partial charge is 0.350 e. The van der Waals surface area contributed by atoms with Crippen molar-refractivity contribution < 1.29 is 9.53 Å². The Hall–Kier alpha value is -2.28. The highest BCUT2D eigenvalue weighted by molar-refractivity contribution is 5.93. The number of nitrogens with one attached hydrogen (secondary N) is 1. The summed E-state index contributed by atoms with van der Waals surface area (Å²) in [5.74, 6) is -0.610. The monoisotopic (exact) mass is 272 g/mol. The number of carbonyl (C=O) groups excluding carboxylic acids is 1. The molecule has 0 bridgehead atoms. The molecule has 0 fully saturated rings. The predicted octanol–water partition coefficient (Wildman–Crippen LogP) is 3.30. The number of nitrogens with zero attached hydrogens (tertiary/aromatic N) is 1. The summed E-state index contributed by atoms with van der Waals surface area (Å²) in [7, 11) is 0. The molecule has 4 heteroatoms. The number of esters is 1. The maximum atomic E-state index is 11.5. The van der Waals surface area contributed by atoms with E-state index in [1.165, 1.54) is 22.9 Å². The maximum absolute atomic E-state index is 11.5. The number of rotatable bonds is 4. The maximum Gasteiger partial charge on any atom is 0.350 e. The van der Waals surface area contributed by atoms with Crippen LogP contribution in [-0.2, 0) is 9.53 Å². The summed E-state index contributed by atoms with van der Waals surface area (Å²) < 4.78 is 4.81. The molecule has 0 saturated heterocycles. The van der Waals surface area contributed by atoms with Crippen LogP contribution in [0.5, 0.6) is 0 Å². The minimum absolute atomic E-state index is 0.0397. The van der Waals surface area contributed by atoms with Gasteiger partial charge in [0.05, 0.1) is 6.61 Å². The summed E-state index contributed by atoms with van der Waals surface area (Å²) in [6.07, 6.45) is 1.40. The van der Waals surface area contributed by atoms with E-state index >= 15 is 0 Å². The van der Waals surface area contributed by atoms with Crippen LogP contribution in [0.3, 0.4) is 0 Å². The second-order valence-corrected chi connectivity index (χ2v) is 4.65. The summed E-state index contributed by atoms with van der Waals surface area (Å²) in [6, 6.07) is 3.85. The van der Waals surface area contributed by atoms with E-state index in [0.29, 0.717) is 0 Å². The van der Waals surface area contributed by atoms with Gasteiger partial charge in [0.2, 0.25) is 0 Å². The highest BCUT2D eigenvalue weighted by Gasteiger charge is 2.10. The summed E-state index contributed by atoms with van der Waals surface area (Å²) in [5.41, 5.74) is 5.58. The lowest BCUT2D eigenvalue weighted by atomic mass is 9.98. The zero-order valence-corrected chi connectivity index (χ0v) is 12.6. The fourth-order valence-corrected chi connectivity index (χ4v) is 1.86. The summed E-state index contributed by atoms with van der Waals surface area (Å²) >= 11 is 0. The third-order valence-corrected chi connectivity index (χ3v) is 3.47. The lowest BCUT2D eigenvalue weighted by molar-refractivity contribution is -0.138. The van der Waals surface area contributed by atoms with Gasteiger partial charge in [0.15, 0.2) is 5.57 Å². The number of nitriles is 1. The van der Waals surface area contributed by atoms with E-state index in [9.17, 15) is 4.79 Å².